The molecule has 0 aromatic heterocycles. The van der Waals surface area contributed by atoms with Gasteiger partial charge in [-0.2, -0.15) is 0 Å². The van der Waals surface area contributed by atoms with E-state index in [4.69, 9.17) is 11.6 Å². The van der Waals surface area contributed by atoms with Crippen molar-refractivity contribution in [2.75, 3.05) is 12.8 Å². The first-order chi connectivity index (χ1) is 15.6. The van der Waals surface area contributed by atoms with E-state index in [1.807, 2.05) is 78.9 Å². The number of halogens is 1. The van der Waals surface area contributed by atoms with Crippen molar-refractivity contribution in [2.45, 2.75) is 30.3 Å². The number of nitrogens with one attached hydrogen (secondary N) is 1. The van der Waals surface area contributed by atoms with Crippen LogP contribution in [0.4, 0.5) is 0 Å². The summed E-state index contributed by atoms with van der Waals surface area (Å²) in [6.45, 7) is 0.277. The Morgan fingerprint density at radius 3 is 2.22 bits per heavy atom. The average Bonchev–Trinajstić information content (AvgIpc) is 2.83. The Labute approximate surface area is 199 Å². The molecule has 32 heavy (non-hydrogen) atoms. The monoisotopic (exact) mass is 466 g/mol. The highest BCUT2D eigenvalue weighted by molar-refractivity contribution is 7.99. The molecule has 0 saturated carbocycles. The summed E-state index contributed by atoms with van der Waals surface area (Å²) in [5.41, 5.74) is 1.82. The molecule has 2 amide bonds. The maximum atomic E-state index is 13.4. The fraction of sp³-hybridized carbons (Fsp3) is 0.231. The lowest BCUT2D eigenvalue weighted by Crippen LogP contribution is -2.49. The molecule has 0 spiro atoms. The molecule has 0 fully saturated rings. The van der Waals surface area contributed by atoms with Crippen LogP contribution in [-0.2, 0) is 22.6 Å². The Kier molecular flexibility index (Phi) is 9.20. The second kappa shape index (κ2) is 12.3. The van der Waals surface area contributed by atoms with E-state index in [-0.39, 0.29) is 18.4 Å². The average molecular weight is 467 g/mol. The van der Waals surface area contributed by atoms with E-state index in [1.165, 1.54) is 0 Å². The van der Waals surface area contributed by atoms with Crippen LogP contribution in [0, 0.1) is 0 Å². The second-order valence-electron chi connectivity index (χ2n) is 7.34. The number of carbonyl (C=O) groups is 2. The van der Waals surface area contributed by atoms with Crippen molar-refractivity contribution in [3.05, 3.63) is 101 Å². The van der Waals surface area contributed by atoms with E-state index < -0.39 is 6.04 Å². The van der Waals surface area contributed by atoms with Crippen LogP contribution in [-0.4, -0.2) is 35.6 Å². The van der Waals surface area contributed by atoms with Gasteiger partial charge < -0.3 is 10.2 Å². The fourth-order valence-electron chi connectivity index (χ4n) is 3.45. The third-order valence-electron chi connectivity index (χ3n) is 5.14. The van der Waals surface area contributed by atoms with Crippen molar-refractivity contribution in [3.63, 3.8) is 0 Å². The van der Waals surface area contributed by atoms with E-state index in [9.17, 15) is 9.59 Å². The van der Waals surface area contributed by atoms with E-state index in [0.29, 0.717) is 23.6 Å². The third kappa shape index (κ3) is 6.87. The lowest BCUT2D eigenvalue weighted by atomic mass is 10.0. The number of rotatable bonds is 10. The quantitative estimate of drug-likeness (QED) is 0.417. The first-order valence-corrected chi connectivity index (χ1v) is 11.9. The molecule has 3 rings (SSSR count). The zero-order valence-electron chi connectivity index (χ0n) is 18.0. The van der Waals surface area contributed by atoms with Crippen LogP contribution in [0.5, 0.6) is 0 Å². The molecule has 6 heteroatoms. The molecule has 0 aliphatic rings. The smallest absolute Gasteiger partial charge is 0.242 e. The molecule has 3 aromatic carbocycles. The highest BCUT2D eigenvalue weighted by Crippen LogP contribution is 2.23. The summed E-state index contributed by atoms with van der Waals surface area (Å²) in [4.78, 5) is 29.1. The molecule has 3 aromatic rings. The number of likely N-dealkylation sites (N-methyl/N-ethyl adjacent to an activating group) is 1. The second-order valence-corrected chi connectivity index (χ2v) is 8.92. The van der Waals surface area contributed by atoms with Gasteiger partial charge in [0, 0.05) is 42.1 Å². The van der Waals surface area contributed by atoms with Gasteiger partial charge in [0.2, 0.25) is 11.8 Å². The van der Waals surface area contributed by atoms with Crippen LogP contribution >= 0.6 is 23.4 Å². The zero-order valence-corrected chi connectivity index (χ0v) is 19.6. The van der Waals surface area contributed by atoms with Gasteiger partial charge in [0.05, 0.1) is 0 Å². The Balaban J connectivity index is 1.82. The fourth-order valence-corrected chi connectivity index (χ4v) is 4.50. The number of nitrogens with zero attached hydrogens (tertiary/aromatic N) is 1. The molecule has 1 N–H and O–H groups in total. The largest absolute Gasteiger partial charge is 0.357 e. The number of thioether (sulfide) groups is 1. The predicted octanol–water partition coefficient (Wildman–Crippen LogP) is 5.21. The highest BCUT2D eigenvalue weighted by atomic mass is 35.5. The van der Waals surface area contributed by atoms with E-state index in [0.717, 1.165) is 16.0 Å². The molecule has 4 nitrogen and oxygen atoms in total. The lowest BCUT2D eigenvalue weighted by molar-refractivity contribution is -0.140. The molecule has 0 unspecified atom stereocenters. The molecular weight excluding hydrogens is 440 g/mol. The summed E-state index contributed by atoms with van der Waals surface area (Å²) in [6.07, 6.45) is 0.759. The normalized spacial score (nSPS) is 11.6. The first kappa shape index (κ1) is 23.9. The lowest BCUT2D eigenvalue weighted by Gasteiger charge is -2.31. The van der Waals surface area contributed by atoms with Gasteiger partial charge in [0.25, 0.3) is 0 Å². The molecule has 166 valence electrons. The van der Waals surface area contributed by atoms with Gasteiger partial charge in [-0.05, 0) is 29.3 Å². The van der Waals surface area contributed by atoms with Crippen LogP contribution in [0.1, 0.15) is 17.5 Å². The van der Waals surface area contributed by atoms with Crippen molar-refractivity contribution < 1.29 is 9.59 Å². The SMILES string of the molecule is CNC(=O)[C@H](Cc1ccccc1)N(Cc1ccccc1Cl)C(=O)CCSc1ccccc1. The van der Waals surface area contributed by atoms with Crippen LogP contribution in [0.3, 0.4) is 0 Å². The Morgan fingerprint density at radius 1 is 0.938 bits per heavy atom. The minimum Gasteiger partial charge on any atom is -0.357 e. The number of benzene rings is 3. The summed E-state index contributed by atoms with van der Waals surface area (Å²) in [7, 11) is 1.60. The predicted molar refractivity (Wildman–Crippen MR) is 132 cm³/mol. The number of hydrogen-bond acceptors (Lipinski definition) is 3. The molecule has 0 radical (unpaired) electrons. The van der Waals surface area contributed by atoms with E-state index in [2.05, 4.69) is 5.32 Å². The van der Waals surface area contributed by atoms with Gasteiger partial charge in [-0.25, -0.2) is 0 Å². The summed E-state index contributed by atoms with van der Waals surface area (Å²) in [5, 5.41) is 3.31. The molecule has 0 bridgehead atoms. The maximum absolute atomic E-state index is 13.4. The van der Waals surface area contributed by atoms with Crippen molar-refractivity contribution in [3.8, 4) is 0 Å². The Bertz CT molecular complexity index is 1010. The van der Waals surface area contributed by atoms with Crippen LogP contribution < -0.4 is 5.32 Å². The topological polar surface area (TPSA) is 49.4 Å². The van der Waals surface area contributed by atoms with E-state index in [1.54, 1.807) is 29.8 Å². The van der Waals surface area contributed by atoms with E-state index >= 15 is 0 Å². The number of carbonyl (C=O) groups excluding carboxylic acids is 2. The van der Waals surface area contributed by atoms with Gasteiger partial charge in [-0.3, -0.25) is 9.59 Å². The van der Waals surface area contributed by atoms with Gasteiger partial charge >= 0.3 is 0 Å². The van der Waals surface area contributed by atoms with Gasteiger partial charge in [-0.15, -0.1) is 11.8 Å². The van der Waals surface area contributed by atoms with Gasteiger partial charge in [0.15, 0.2) is 0 Å². The summed E-state index contributed by atoms with van der Waals surface area (Å²) >= 11 is 8.02. The minimum atomic E-state index is -0.632. The molecule has 0 saturated heterocycles. The number of amides is 2. The minimum absolute atomic E-state index is 0.0714. The molecule has 0 aliphatic carbocycles. The summed E-state index contributed by atoms with van der Waals surface area (Å²) in [6, 6.07) is 26.6. The van der Waals surface area contributed by atoms with Gasteiger partial charge in [0.1, 0.15) is 6.04 Å². The van der Waals surface area contributed by atoms with Crippen LogP contribution in [0.2, 0.25) is 5.02 Å². The van der Waals surface area contributed by atoms with Crippen molar-refractivity contribution >= 4 is 35.2 Å². The highest BCUT2D eigenvalue weighted by Gasteiger charge is 2.29. The maximum Gasteiger partial charge on any atom is 0.242 e. The summed E-state index contributed by atoms with van der Waals surface area (Å²) < 4.78 is 0. The molecule has 0 heterocycles. The number of hydrogen-bond donors (Lipinski definition) is 1. The van der Waals surface area contributed by atoms with Crippen molar-refractivity contribution in [2.24, 2.45) is 0 Å². The first-order valence-electron chi connectivity index (χ1n) is 10.5. The third-order valence-corrected chi connectivity index (χ3v) is 6.53. The zero-order chi connectivity index (χ0) is 22.8. The molecule has 1 atom stereocenters. The Morgan fingerprint density at radius 2 is 1.56 bits per heavy atom. The Hall–Kier alpha value is -2.76. The van der Waals surface area contributed by atoms with Crippen molar-refractivity contribution in [1.82, 2.24) is 10.2 Å². The molecular formula is C26H27ClN2O2S. The standard InChI is InChI=1S/C26H27ClN2O2S/c1-28-26(31)24(18-20-10-4-2-5-11-20)29(19-21-12-8-9-15-23(21)27)25(30)16-17-32-22-13-6-3-7-14-22/h2-15,24H,16-19H2,1H3,(H,28,31)/t24-/m0/s1. The van der Waals surface area contributed by atoms with Crippen molar-refractivity contribution in [1.29, 1.82) is 0 Å². The van der Waals surface area contributed by atoms with Crippen LogP contribution in [0.25, 0.3) is 0 Å². The summed E-state index contributed by atoms with van der Waals surface area (Å²) in [5.74, 6) is 0.371. The van der Waals surface area contributed by atoms with Gasteiger partial charge in [-0.1, -0.05) is 78.3 Å². The molecule has 0 aliphatic heterocycles. The van der Waals surface area contributed by atoms with Crippen LogP contribution in [0.15, 0.2) is 89.8 Å².